The first kappa shape index (κ1) is 23.8. The molecular weight excluding hydrogens is 384 g/mol. The molecule has 8 nitrogen and oxygen atoms in total. The summed E-state index contributed by atoms with van der Waals surface area (Å²) in [6.07, 6.45) is 2.24. The van der Waals surface area contributed by atoms with Gasteiger partial charge in [-0.15, -0.1) is 0 Å². The second kappa shape index (κ2) is 11.6. The van der Waals surface area contributed by atoms with Crippen LogP contribution in [0.3, 0.4) is 0 Å². The fourth-order valence-electron chi connectivity index (χ4n) is 3.73. The monoisotopic (exact) mass is 420 g/mol. The molecule has 0 bridgehead atoms. The number of methoxy groups -OCH3 is 2. The van der Waals surface area contributed by atoms with E-state index in [1.165, 1.54) is 0 Å². The van der Waals surface area contributed by atoms with E-state index in [0.717, 1.165) is 38.2 Å². The number of hydrogen-bond acceptors (Lipinski definition) is 5. The number of rotatable bonds is 11. The molecule has 168 valence electrons. The Morgan fingerprint density at radius 3 is 2.57 bits per heavy atom. The molecule has 1 saturated heterocycles. The quantitative estimate of drug-likeness (QED) is 0.575. The lowest BCUT2D eigenvalue weighted by Gasteiger charge is -2.21. The molecule has 1 aliphatic rings. The van der Waals surface area contributed by atoms with Crippen LogP contribution in [-0.2, 0) is 4.79 Å². The van der Waals surface area contributed by atoms with Crippen LogP contribution in [-0.4, -0.2) is 69.3 Å². The number of nitrogens with one attached hydrogen (secondary N) is 2. The molecule has 3 amide bonds. The van der Waals surface area contributed by atoms with Crippen LogP contribution >= 0.6 is 0 Å². The summed E-state index contributed by atoms with van der Waals surface area (Å²) >= 11 is 0. The van der Waals surface area contributed by atoms with Crippen LogP contribution in [0.2, 0.25) is 0 Å². The van der Waals surface area contributed by atoms with Crippen molar-refractivity contribution in [3.63, 3.8) is 0 Å². The molecule has 2 rings (SSSR count). The van der Waals surface area contributed by atoms with Gasteiger partial charge in [-0.05, 0) is 51.5 Å². The highest BCUT2D eigenvalue weighted by molar-refractivity contribution is 5.97. The standard InChI is InChI=1S/C22H36N4O4/c1-6-25(7-2)12-8-9-16(3)23-22(28)24-17-13-21(27)26(15-17)18-10-11-19(29-4)20(14-18)30-5/h10-11,14,16-17H,6-9,12-13,15H2,1-5H3,(H2,23,24,28)/t16-,17-/m0/s1. The number of nitrogens with zero attached hydrogens (tertiary/aromatic N) is 2. The number of hydrogen-bond donors (Lipinski definition) is 2. The average molecular weight is 421 g/mol. The van der Waals surface area contributed by atoms with Gasteiger partial charge in [0.1, 0.15) is 0 Å². The van der Waals surface area contributed by atoms with Crippen molar-refractivity contribution in [3.8, 4) is 11.5 Å². The Morgan fingerprint density at radius 2 is 1.93 bits per heavy atom. The van der Waals surface area contributed by atoms with Gasteiger partial charge in [0.25, 0.3) is 0 Å². The molecule has 1 heterocycles. The van der Waals surface area contributed by atoms with Gasteiger partial charge in [-0.25, -0.2) is 4.79 Å². The largest absolute Gasteiger partial charge is 0.493 e. The number of urea groups is 1. The van der Waals surface area contributed by atoms with Crippen molar-refractivity contribution in [2.45, 2.75) is 52.1 Å². The van der Waals surface area contributed by atoms with E-state index in [4.69, 9.17) is 9.47 Å². The first-order valence-electron chi connectivity index (χ1n) is 10.7. The number of carbonyl (C=O) groups excluding carboxylic acids is 2. The molecule has 0 saturated carbocycles. The summed E-state index contributed by atoms with van der Waals surface area (Å²) in [4.78, 5) is 28.9. The first-order chi connectivity index (χ1) is 14.4. The van der Waals surface area contributed by atoms with Crippen LogP contribution in [0, 0.1) is 0 Å². The Bertz CT molecular complexity index is 708. The van der Waals surface area contributed by atoms with E-state index in [-0.39, 0.29) is 30.4 Å². The van der Waals surface area contributed by atoms with Crippen LogP contribution in [0.5, 0.6) is 11.5 Å². The van der Waals surface area contributed by atoms with Gasteiger partial charge in [-0.1, -0.05) is 13.8 Å². The third-order valence-corrected chi connectivity index (χ3v) is 5.52. The summed E-state index contributed by atoms with van der Waals surface area (Å²) in [5.74, 6) is 1.15. The van der Waals surface area contributed by atoms with Crippen LogP contribution in [0.25, 0.3) is 0 Å². The maximum absolute atomic E-state index is 12.5. The molecule has 1 fully saturated rings. The van der Waals surface area contributed by atoms with Crippen LogP contribution in [0.4, 0.5) is 10.5 Å². The van der Waals surface area contributed by atoms with Gasteiger partial charge in [-0.2, -0.15) is 0 Å². The van der Waals surface area contributed by atoms with Gasteiger partial charge in [0, 0.05) is 30.8 Å². The summed E-state index contributed by atoms with van der Waals surface area (Å²) in [7, 11) is 3.13. The summed E-state index contributed by atoms with van der Waals surface area (Å²) in [5, 5.41) is 5.92. The minimum atomic E-state index is -0.228. The lowest BCUT2D eigenvalue weighted by atomic mass is 10.2. The summed E-state index contributed by atoms with van der Waals surface area (Å²) in [5.41, 5.74) is 0.729. The topological polar surface area (TPSA) is 83.1 Å². The molecule has 0 aromatic heterocycles. The van der Waals surface area contributed by atoms with Crippen molar-refractivity contribution in [2.24, 2.45) is 0 Å². The van der Waals surface area contributed by atoms with E-state index in [9.17, 15) is 9.59 Å². The molecule has 1 aliphatic heterocycles. The number of benzene rings is 1. The van der Waals surface area contributed by atoms with Crippen molar-refractivity contribution in [1.82, 2.24) is 15.5 Å². The van der Waals surface area contributed by atoms with Gasteiger partial charge < -0.3 is 29.9 Å². The van der Waals surface area contributed by atoms with Crippen molar-refractivity contribution in [2.75, 3.05) is 45.3 Å². The molecule has 1 aromatic rings. The van der Waals surface area contributed by atoms with Gasteiger partial charge >= 0.3 is 6.03 Å². The van der Waals surface area contributed by atoms with Crippen LogP contribution in [0.1, 0.15) is 40.0 Å². The van der Waals surface area contributed by atoms with Crippen LogP contribution in [0.15, 0.2) is 18.2 Å². The van der Waals surface area contributed by atoms with Gasteiger partial charge in [0.2, 0.25) is 5.91 Å². The fraction of sp³-hybridized carbons (Fsp3) is 0.636. The van der Waals surface area contributed by atoms with Crippen LogP contribution < -0.4 is 25.0 Å². The van der Waals surface area contributed by atoms with Gasteiger partial charge in [0.05, 0.1) is 20.3 Å². The Labute approximate surface area is 179 Å². The predicted molar refractivity (Wildman–Crippen MR) is 118 cm³/mol. The lowest BCUT2D eigenvalue weighted by Crippen LogP contribution is -2.46. The molecular formula is C22H36N4O4. The number of carbonyl (C=O) groups is 2. The third-order valence-electron chi connectivity index (χ3n) is 5.52. The Balaban J connectivity index is 1.83. The molecule has 8 heteroatoms. The van der Waals surface area contributed by atoms with E-state index in [1.807, 2.05) is 13.0 Å². The van der Waals surface area contributed by atoms with E-state index < -0.39 is 0 Å². The first-order valence-corrected chi connectivity index (χ1v) is 10.7. The van der Waals surface area contributed by atoms with E-state index >= 15 is 0 Å². The molecule has 0 aliphatic carbocycles. The minimum Gasteiger partial charge on any atom is -0.493 e. The van der Waals surface area contributed by atoms with E-state index in [0.29, 0.717) is 18.0 Å². The lowest BCUT2D eigenvalue weighted by molar-refractivity contribution is -0.117. The fourth-order valence-corrected chi connectivity index (χ4v) is 3.73. The van der Waals surface area contributed by atoms with Crippen molar-refractivity contribution in [1.29, 1.82) is 0 Å². The second-order valence-electron chi connectivity index (χ2n) is 7.63. The summed E-state index contributed by atoms with van der Waals surface area (Å²) < 4.78 is 10.6. The van der Waals surface area contributed by atoms with Gasteiger partial charge in [0.15, 0.2) is 11.5 Å². The second-order valence-corrected chi connectivity index (χ2v) is 7.63. The maximum Gasteiger partial charge on any atom is 0.315 e. The molecule has 0 spiro atoms. The Hall–Kier alpha value is -2.48. The van der Waals surface area contributed by atoms with Gasteiger partial charge in [-0.3, -0.25) is 4.79 Å². The zero-order valence-corrected chi connectivity index (χ0v) is 18.9. The number of anilines is 1. The van der Waals surface area contributed by atoms with Crippen molar-refractivity contribution >= 4 is 17.6 Å². The maximum atomic E-state index is 12.5. The van der Waals surface area contributed by atoms with Crippen molar-refractivity contribution in [3.05, 3.63) is 18.2 Å². The third kappa shape index (κ3) is 6.52. The van der Waals surface area contributed by atoms with E-state index in [1.54, 1.807) is 31.3 Å². The smallest absolute Gasteiger partial charge is 0.315 e. The predicted octanol–water partition coefficient (Wildman–Crippen LogP) is 2.62. The molecule has 2 atom stereocenters. The number of ether oxygens (including phenoxy) is 2. The number of amides is 3. The Kier molecular flexibility index (Phi) is 9.23. The van der Waals surface area contributed by atoms with Crippen molar-refractivity contribution < 1.29 is 19.1 Å². The Morgan fingerprint density at radius 1 is 1.23 bits per heavy atom. The molecule has 2 N–H and O–H groups in total. The molecule has 30 heavy (non-hydrogen) atoms. The highest BCUT2D eigenvalue weighted by atomic mass is 16.5. The average Bonchev–Trinajstić information content (AvgIpc) is 3.10. The zero-order chi connectivity index (χ0) is 22.1. The summed E-state index contributed by atoms with van der Waals surface area (Å²) in [6.45, 7) is 9.89. The molecule has 0 radical (unpaired) electrons. The highest BCUT2D eigenvalue weighted by Crippen LogP contribution is 2.33. The molecule has 1 aromatic carbocycles. The highest BCUT2D eigenvalue weighted by Gasteiger charge is 2.32. The minimum absolute atomic E-state index is 0.0280. The molecule has 0 unspecified atom stereocenters. The van der Waals surface area contributed by atoms with E-state index in [2.05, 4.69) is 29.4 Å². The SMILES string of the molecule is CCN(CC)CCC[C@H](C)NC(=O)N[C@H]1CC(=O)N(c2ccc(OC)c(OC)c2)C1. The summed E-state index contributed by atoms with van der Waals surface area (Å²) in [6, 6.07) is 5.00. The zero-order valence-electron chi connectivity index (χ0n) is 18.9. The normalized spacial score (nSPS) is 17.2.